The summed E-state index contributed by atoms with van der Waals surface area (Å²) in [6.07, 6.45) is 2.55. The smallest absolute Gasteiger partial charge is 0.0314 e. The average molecular weight is 231 g/mol. The molecule has 0 radical (unpaired) electrons. The molecule has 3 heterocycles. The molecule has 0 saturated carbocycles. The molecule has 3 aliphatic rings. The Morgan fingerprint density at radius 2 is 1.82 bits per heavy atom. The summed E-state index contributed by atoms with van der Waals surface area (Å²) in [7, 11) is 2.26. The SMILES string of the molecule is CN1C2CC1CN(CCc1ccc(N)cc1)C2. The van der Waals surface area contributed by atoms with E-state index < -0.39 is 0 Å². The first-order chi connectivity index (χ1) is 8.22. The second-order valence-corrected chi connectivity index (χ2v) is 5.46. The van der Waals surface area contributed by atoms with E-state index in [2.05, 4.69) is 29.0 Å². The molecule has 2 unspecified atom stereocenters. The number of anilines is 1. The van der Waals surface area contributed by atoms with Crippen LogP contribution < -0.4 is 5.73 Å². The first-order valence-electron chi connectivity index (χ1n) is 6.51. The molecule has 0 aliphatic carbocycles. The van der Waals surface area contributed by atoms with Gasteiger partial charge in [-0.25, -0.2) is 0 Å². The van der Waals surface area contributed by atoms with Gasteiger partial charge in [-0.1, -0.05) is 12.1 Å². The van der Waals surface area contributed by atoms with Gasteiger partial charge in [0.05, 0.1) is 0 Å². The van der Waals surface area contributed by atoms with E-state index in [1.807, 2.05) is 12.1 Å². The molecule has 4 rings (SSSR count). The number of nitrogen functional groups attached to an aromatic ring is 1. The highest BCUT2D eigenvalue weighted by Crippen LogP contribution is 2.30. The lowest BCUT2D eigenvalue weighted by Gasteiger charge is -2.55. The minimum absolute atomic E-state index is 0.820. The zero-order valence-electron chi connectivity index (χ0n) is 10.5. The maximum Gasteiger partial charge on any atom is 0.0314 e. The molecule has 3 heteroatoms. The number of nitrogens with two attached hydrogens (primary N) is 1. The lowest BCUT2D eigenvalue weighted by molar-refractivity contribution is -0.0497. The molecule has 2 bridgehead atoms. The van der Waals surface area contributed by atoms with E-state index in [0.717, 1.165) is 24.2 Å². The topological polar surface area (TPSA) is 32.5 Å². The van der Waals surface area contributed by atoms with Crippen molar-refractivity contribution in [3.8, 4) is 0 Å². The third kappa shape index (κ3) is 2.17. The second kappa shape index (κ2) is 4.31. The first-order valence-corrected chi connectivity index (χ1v) is 6.51. The van der Waals surface area contributed by atoms with Gasteiger partial charge in [-0.2, -0.15) is 0 Å². The molecule has 0 aromatic heterocycles. The van der Waals surface area contributed by atoms with Crippen LogP contribution >= 0.6 is 0 Å². The van der Waals surface area contributed by atoms with Gasteiger partial charge < -0.3 is 5.73 Å². The van der Waals surface area contributed by atoms with Gasteiger partial charge in [0, 0.05) is 37.4 Å². The Hall–Kier alpha value is -1.06. The van der Waals surface area contributed by atoms with Crippen LogP contribution in [-0.2, 0) is 6.42 Å². The van der Waals surface area contributed by atoms with E-state index in [9.17, 15) is 0 Å². The summed E-state index contributed by atoms with van der Waals surface area (Å²) < 4.78 is 0. The van der Waals surface area contributed by atoms with Gasteiger partial charge in [-0.3, -0.25) is 9.80 Å². The Labute approximate surface area is 103 Å². The number of likely N-dealkylation sites (N-methyl/N-ethyl adjacent to an activating group) is 1. The molecule has 1 aromatic carbocycles. The monoisotopic (exact) mass is 231 g/mol. The number of nitrogens with zero attached hydrogens (tertiary/aromatic N) is 2. The summed E-state index contributed by atoms with van der Waals surface area (Å²) in [6, 6.07) is 9.92. The summed E-state index contributed by atoms with van der Waals surface area (Å²) >= 11 is 0. The number of rotatable bonds is 3. The van der Waals surface area contributed by atoms with Crippen LogP contribution in [0.5, 0.6) is 0 Å². The van der Waals surface area contributed by atoms with E-state index in [4.69, 9.17) is 5.73 Å². The molecule has 17 heavy (non-hydrogen) atoms. The third-order valence-electron chi connectivity index (χ3n) is 4.33. The van der Waals surface area contributed by atoms with Crippen LogP contribution in [0.4, 0.5) is 5.69 Å². The number of fused-ring (bicyclic) bond motifs is 2. The van der Waals surface area contributed by atoms with Gasteiger partial charge in [0.1, 0.15) is 0 Å². The number of benzene rings is 1. The van der Waals surface area contributed by atoms with Crippen molar-refractivity contribution < 1.29 is 0 Å². The van der Waals surface area contributed by atoms with Crippen LogP contribution in [0.25, 0.3) is 0 Å². The van der Waals surface area contributed by atoms with Crippen molar-refractivity contribution in [3.63, 3.8) is 0 Å². The van der Waals surface area contributed by atoms with E-state index in [0.29, 0.717) is 0 Å². The van der Waals surface area contributed by atoms with Crippen LogP contribution in [0.3, 0.4) is 0 Å². The quantitative estimate of drug-likeness (QED) is 0.793. The molecular weight excluding hydrogens is 210 g/mol. The predicted molar refractivity (Wildman–Crippen MR) is 71.0 cm³/mol. The van der Waals surface area contributed by atoms with Crippen LogP contribution in [0.2, 0.25) is 0 Å². The highest BCUT2D eigenvalue weighted by molar-refractivity contribution is 5.39. The van der Waals surface area contributed by atoms with Gasteiger partial charge in [0.15, 0.2) is 0 Å². The summed E-state index contributed by atoms with van der Waals surface area (Å²) in [5.74, 6) is 0. The molecular formula is C14H21N3. The van der Waals surface area contributed by atoms with Crippen LogP contribution in [0, 0.1) is 0 Å². The Balaban J connectivity index is 1.50. The lowest BCUT2D eigenvalue weighted by Crippen LogP contribution is -2.67. The largest absolute Gasteiger partial charge is 0.399 e. The molecule has 1 aromatic rings. The van der Waals surface area contributed by atoms with E-state index >= 15 is 0 Å². The summed E-state index contributed by atoms with van der Waals surface area (Å²) in [4.78, 5) is 5.13. The predicted octanol–water partition coefficient (Wildman–Crippen LogP) is 1.20. The zero-order chi connectivity index (χ0) is 11.8. The van der Waals surface area contributed by atoms with Gasteiger partial charge in [-0.15, -0.1) is 0 Å². The molecule has 3 nitrogen and oxygen atoms in total. The van der Waals surface area contributed by atoms with Gasteiger partial charge in [0.2, 0.25) is 0 Å². The Morgan fingerprint density at radius 1 is 1.18 bits per heavy atom. The highest BCUT2D eigenvalue weighted by Gasteiger charge is 2.41. The molecule has 2 N–H and O–H groups in total. The van der Waals surface area contributed by atoms with Crippen molar-refractivity contribution >= 4 is 5.69 Å². The first kappa shape index (κ1) is 11.1. The van der Waals surface area contributed by atoms with Crippen molar-refractivity contribution in [2.45, 2.75) is 24.9 Å². The zero-order valence-corrected chi connectivity index (χ0v) is 10.5. The van der Waals surface area contributed by atoms with Crippen molar-refractivity contribution in [3.05, 3.63) is 29.8 Å². The fraction of sp³-hybridized carbons (Fsp3) is 0.571. The third-order valence-corrected chi connectivity index (χ3v) is 4.33. The van der Waals surface area contributed by atoms with Crippen LogP contribution in [0.15, 0.2) is 24.3 Å². The Bertz CT molecular complexity index is 375. The minimum Gasteiger partial charge on any atom is -0.399 e. The standard InChI is InChI=1S/C14H21N3/c1-16-13-8-14(16)10-17(9-13)7-6-11-2-4-12(15)5-3-11/h2-5,13-14H,6-10,15H2,1H3. The molecule has 2 atom stereocenters. The molecule has 0 spiro atoms. The average Bonchev–Trinajstić information content (AvgIpc) is 2.38. The fourth-order valence-electron chi connectivity index (χ4n) is 3.04. The van der Waals surface area contributed by atoms with Gasteiger partial charge >= 0.3 is 0 Å². The summed E-state index contributed by atoms with van der Waals surface area (Å²) in [6.45, 7) is 3.69. The van der Waals surface area contributed by atoms with E-state index in [1.165, 1.54) is 31.6 Å². The molecule has 0 amide bonds. The Kier molecular flexibility index (Phi) is 2.81. The molecule has 3 fully saturated rings. The van der Waals surface area contributed by atoms with Crippen LogP contribution in [-0.4, -0.2) is 48.6 Å². The Morgan fingerprint density at radius 3 is 2.41 bits per heavy atom. The number of hydrogen-bond donors (Lipinski definition) is 1. The molecule has 3 aliphatic heterocycles. The maximum atomic E-state index is 5.69. The summed E-state index contributed by atoms with van der Waals surface area (Å²) in [5, 5.41) is 0. The summed E-state index contributed by atoms with van der Waals surface area (Å²) in [5.41, 5.74) is 7.94. The number of piperidine rings is 1. The van der Waals surface area contributed by atoms with Crippen molar-refractivity contribution in [1.82, 2.24) is 9.80 Å². The molecule has 92 valence electrons. The fourth-order valence-corrected chi connectivity index (χ4v) is 3.04. The van der Waals surface area contributed by atoms with E-state index in [-0.39, 0.29) is 0 Å². The van der Waals surface area contributed by atoms with Gasteiger partial charge in [-0.05, 0) is 37.6 Å². The van der Waals surface area contributed by atoms with Crippen LogP contribution in [0.1, 0.15) is 12.0 Å². The lowest BCUT2D eigenvalue weighted by atomic mass is 9.88. The number of hydrogen-bond acceptors (Lipinski definition) is 3. The minimum atomic E-state index is 0.820. The number of piperazine rings is 1. The van der Waals surface area contributed by atoms with Gasteiger partial charge in [0.25, 0.3) is 0 Å². The highest BCUT2D eigenvalue weighted by atomic mass is 15.3. The van der Waals surface area contributed by atoms with Crippen molar-refractivity contribution in [2.75, 3.05) is 32.4 Å². The normalized spacial score (nSPS) is 29.0. The molecule has 3 saturated heterocycles. The maximum absolute atomic E-state index is 5.69. The van der Waals surface area contributed by atoms with E-state index in [1.54, 1.807) is 0 Å². The second-order valence-electron chi connectivity index (χ2n) is 5.46. The van der Waals surface area contributed by atoms with Crippen molar-refractivity contribution in [2.24, 2.45) is 0 Å². The van der Waals surface area contributed by atoms with Crippen molar-refractivity contribution in [1.29, 1.82) is 0 Å².